The van der Waals surface area contributed by atoms with E-state index in [0.29, 0.717) is 0 Å². The van der Waals surface area contributed by atoms with Crippen LogP contribution in [0.5, 0.6) is 0 Å². The first-order valence-corrected chi connectivity index (χ1v) is 13.7. The van der Waals surface area contributed by atoms with Gasteiger partial charge in [0, 0.05) is 34.6 Å². The highest BCUT2D eigenvalue weighted by Crippen LogP contribution is 2.48. The third kappa shape index (κ3) is 6.69. The molecule has 1 heterocycles. The van der Waals surface area contributed by atoms with E-state index in [1.54, 1.807) is 32.1 Å². The summed E-state index contributed by atoms with van der Waals surface area (Å²) in [6, 6.07) is 14.5. The molecule has 8 heteroatoms. The fourth-order valence-electron chi connectivity index (χ4n) is 4.35. The number of hydrogen-bond acceptors (Lipinski definition) is 5. The fraction of sp³-hybridized carbons (Fsp3) is 0.407. The van der Waals surface area contributed by atoms with E-state index in [1.807, 2.05) is 30.3 Å². The van der Waals surface area contributed by atoms with Crippen molar-refractivity contribution in [1.82, 2.24) is 4.57 Å². The monoisotopic (exact) mass is 503 g/mol. The molecule has 0 unspecified atom stereocenters. The van der Waals surface area contributed by atoms with E-state index < -0.39 is 19.8 Å². The molecule has 0 radical (unpaired) electrons. The largest absolute Gasteiger partial charge is 0.392 e. The molecule has 0 fully saturated rings. The van der Waals surface area contributed by atoms with Gasteiger partial charge < -0.3 is 23.8 Å². The molecule has 6 nitrogen and oxygen atoms in total. The Bertz CT molecular complexity index is 1180. The van der Waals surface area contributed by atoms with E-state index in [-0.39, 0.29) is 37.7 Å². The lowest BCUT2D eigenvalue weighted by Gasteiger charge is -2.21. The number of benzene rings is 2. The predicted octanol–water partition coefficient (Wildman–Crippen LogP) is 6.42. The van der Waals surface area contributed by atoms with Gasteiger partial charge in [-0.3, -0.25) is 4.57 Å². The van der Waals surface area contributed by atoms with Crippen LogP contribution in [0, 0.1) is 5.82 Å². The van der Waals surface area contributed by atoms with Crippen LogP contribution in [0.2, 0.25) is 0 Å². The van der Waals surface area contributed by atoms with Gasteiger partial charge in [-0.05, 0) is 57.5 Å². The van der Waals surface area contributed by atoms with Crippen molar-refractivity contribution >= 4 is 24.6 Å². The number of hydrogen-bond donors (Lipinski definition) is 2. The summed E-state index contributed by atoms with van der Waals surface area (Å²) in [5, 5.41) is 22.1. The van der Waals surface area contributed by atoms with Crippen LogP contribution < -0.4 is 0 Å². The first-order chi connectivity index (χ1) is 16.7. The van der Waals surface area contributed by atoms with Gasteiger partial charge in [0.1, 0.15) is 5.82 Å². The molecule has 0 saturated heterocycles. The summed E-state index contributed by atoms with van der Waals surface area (Å²) in [4.78, 5) is 0. The molecule has 2 aromatic carbocycles. The highest BCUT2D eigenvalue weighted by atomic mass is 31.2. The highest BCUT2D eigenvalue weighted by molar-refractivity contribution is 7.53. The van der Waals surface area contributed by atoms with Gasteiger partial charge in [0.25, 0.3) is 0 Å². The SMILES string of the molecule is CCOP(=O)(C[C@H](O)C[C@H](O)C=Cc1c(-c2ccc(F)cc2)c2ccccc2n1C(C)C)OCC. The summed E-state index contributed by atoms with van der Waals surface area (Å²) in [7, 11) is -3.42. The van der Waals surface area contributed by atoms with Gasteiger partial charge in [0.15, 0.2) is 0 Å². The summed E-state index contributed by atoms with van der Waals surface area (Å²) in [5.41, 5.74) is 3.71. The number of aliphatic hydroxyl groups is 2. The van der Waals surface area contributed by atoms with Crippen molar-refractivity contribution in [2.75, 3.05) is 19.4 Å². The smallest absolute Gasteiger partial charge is 0.333 e. The van der Waals surface area contributed by atoms with E-state index in [4.69, 9.17) is 9.05 Å². The highest BCUT2D eigenvalue weighted by Gasteiger charge is 2.28. The second kappa shape index (κ2) is 12.1. The maximum absolute atomic E-state index is 13.6. The summed E-state index contributed by atoms with van der Waals surface area (Å²) >= 11 is 0. The van der Waals surface area contributed by atoms with Crippen LogP contribution in [0.25, 0.3) is 28.1 Å². The van der Waals surface area contributed by atoms with Crippen LogP contribution in [0.15, 0.2) is 54.6 Å². The molecular weight excluding hydrogens is 468 g/mol. The van der Waals surface area contributed by atoms with Crippen LogP contribution in [0.1, 0.15) is 45.9 Å². The first-order valence-electron chi connectivity index (χ1n) is 12.0. The number of nitrogens with zero attached hydrogens (tertiary/aromatic N) is 1. The van der Waals surface area contributed by atoms with E-state index in [0.717, 1.165) is 27.7 Å². The standard InChI is InChI=1S/C27H35FNO5P/c1-5-33-35(32,34-6-2)18-23(31)17-22(30)15-16-26-27(20-11-13-21(28)14-12-20)24-9-7-8-10-25(24)29(26)19(3)4/h7-16,19,22-23,30-31H,5-6,17-18H2,1-4H3/t22-,23-/m1/s1. The summed E-state index contributed by atoms with van der Waals surface area (Å²) < 4.78 is 39.0. The van der Waals surface area contributed by atoms with Gasteiger partial charge in [-0.1, -0.05) is 36.4 Å². The van der Waals surface area contributed by atoms with Gasteiger partial charge in [0.05, 0.1) is 31.6 Å². The van der Waals surface area contributed by atoms with E-state index >= 15 is 0 Å². The Labute approximate surface area is 206 Å². The number of halogens is 1. The molecule has 0 bridgehead atoms. The molecule has 0 aliphatic rings. The van der Waals surface area contributed by atoms with E-state index in [2.05, 4.69) is 18.4 Å². The average molecular weight is 504 g/mol. The normalized spacial score (nSPS) is 14.3. The number of aromatic nitrogens is 1. The molecule has 190 valence electrons. The number of rotatable bonds is 12. The average Bonchev–Trinajstić information content (AvgIpc) is 3.12. The fourth-order valence-corrected chi connectivity index (χ4v) is 6.09. The van der Waals surface area contributed by atoms with Gasteiger partial charge in [0.2, 0.25) is 0 Å². The van der Waals surface area contributed by atoms with Crippen molar-refractivity contribution in [2.24, 2.45) is 0 Å². The maximum atomic E-state index is 13.6. The molecule has 2 N–H and O–H groups in total. The van der Waals surface area contributed by atoms with Gasteiger partial charge in [-0.2, -0.15) is 0 Å². The van der Waals surface area contributed by atoms with Crippen LogP contribution in [-0.2, 0) is 13.6 Å². The lowest BCUT2D eigenvalue weighted by atomic mass is 10.0. The van der Waals surface area contributed by atoms with Crippen LogP contribution in [-0.4, -0.2) is 46.4 Å². The van der Waals surface area contributed by atoms with Crippen molar-refractivity contribution in [3.05, 3.63) is 66.1 Å². The predicted molar refractivity (Wildman–Crippen MR) is 139 cm³/mol. The molecule has 3 aromatic rings. The lowest BCUT2D eigenvalue weighted by molar-refractivity contribution is 0.110. The quantitative estimate of drug-likeness (QED) is 0.279. The Hall–Kier alpha value is -2.28. The molecular formula is C27H35FNO5P. The van der Waals surface area contributed by atoms with Crippen molar-refractivity contribution < 1.29 is 28.2 Å². The number of para-hydroxylation sites is 1. The molecule has 3 rings (SSSR count). The minimum Gasteiger partial charge on any atom is -0.392 e. The lowest BCUT2D eigenvalue weighted by Crippen LogP contribution is -2.21. The molecule has 0 aliphatic heterocycles. The molecule has 0 spiro atoms. The van der Waals surface area contributed by atoms with Crippen LogP contribution in [0.4, 0.5) is 4.39 Å². The van der Waals surface area contributed by atoms with Crippen LogP contribution >= 0.6 is 7.60 Å². The van der Waals surface area contributed by atoms with E-state index in [1.165, 1.54) is 12.1 Å². The third-order valence-corrected chi connectivity index (χ3v) is 7.85. The third-order valence-electron chi connectivity index (χ3n) is 5.67. The second-order valence-electron chi connectivity index (χ2n) is 8.69. The minimum atomic E-state index is -3.42. The maximum Gasteiger partial charge on any atom is 0.333 e. The van der Waals surface area contributed by atoms with Crippen molar-refractivity contribution in [3.8, 4) is 11.1 Å². The zero-order valence-corrected chi connectivity index (χ0v) is 21.6. The molecule has 0 amide bonds. The first kappa shape index (κ1) is 27.3. The molecule has 1 aromatic heterocycles. The zero-order valence-electron chi connectivity index (χ0n) is 20.7. The molecule has 2 atom stereocenters. The number of aliphatic hydroxyl groups excluding tert-OH is 2. The minimum absolute atomic E-state index is 0.0194. The molecule has 0 aliphatic carbocycles. The van der Waals surface area contributed by atoms with Crippen molar-refractivity contribution in [2.45, 2.75) is 52.4 Å². The van der Waals surface area contributed by atoms with Gasteiger partial charge in [-0.25, -0.2) is 4.39 Å². The molecule has 35 heavy (non-hydrogen) atoms. The van der Waals surface area contributed by atoms with Crippen molar-refractivity contribution in [3.63, 3.8) is 0 Å². The zero-order chi connectivity index (χ0) is 25.6. The summed E-state index contributed by atoms with van der Waals surface area (Å²) in [5.74, 6) is -0.306. The van der Waals surface area contributed by atoms with E-state index in [9.17, 15) is 19.2 Å². The Morgan fingerprint density at radius 3 is 2.26 bits per heavy atom. The second-order valence-corrected chi connectivity index (χ2v) is 10.8. The van der Waals surface area contributed by atoms with Gasteiger partial charge >= 0.3 is 7.60 Å². The topological polar surface area (TPSA) is 80.9 Å². The Morgan fingerprint density at radius 1 is 1.03 bits per heavy atom. The Balaban J connectivity index is 1.93. The van der Waals surface area contributed by atoms with Gasteiger partial charge in [-0.15, -0.1) is 0 Å². The Morgan fingerprint density at radius 2 is 1.66 bits per heavy atom. The number of fused-ring (bicyclic) bond motifs is 1. The Kier molecular flexibility index (Phi) is 9.45. The van der Waals surface area contributed by atoms with Crippen molar-refractivity contribution in [1.29, 1.82) is 0 Å². The summed E-state index contributed by atoms with van der Waals surface area (Å²) in [6.45, 7) is 8.00. The van der Waals surface area contributed by atoms with Crippen LogP contribution in [0.3, 0.4) is 0 Å². The summed E-state index contributed by atoms with van der Waals surface area (Å²) in [6.07, 6.45) is 1.20. The molecule has 0 saturated carbocycles.